The van der Waals surface area contributed by atoms with Crippen molar-refractivity contribution in [3.63, 3.8) is 0 Å². The zero-order valence-electron chi connectivity index (χ0n) is 11.3. The zero-order valence-corrected chi connectivity index (χ0v) is 11.3. The average molecular weight is 260 g/mol. The van der Waals surface area contributed by atoms with Crippen LogP contribution in [0, 0.1) is 12.8 Å². The number of hydrogen-bond donors (Lipinski definition) is 1. The number of aryl methyl sites for hydroxylation is 1. The third-order valence-corrected chi connectivity index (χ3v) is 4.49. The second-order valence-corrected chi connectivity index (χ2v) is 5.75. The molecule has 0 amide bonds. The number of fused-ring (bicyclic) bond motifs is 1. The van der Waals surface area contributed by atoms with Crippen LogP contribution in [0.15, 0.2) is 12.1 Å². The highest BCUT2D eigenvalue weighted by Gasteiger charge is 2.36. The molecule has 4 heteroatoms. The van der Waals surface area contributed by atoms with E-state index in [1.54, 1.807) is 12.1 Å². The van der Waals surface area contributed by atoms with Gasteiger partial charge in [-0.3, -0.25) is 0 Å². The molecule has 1 aromatic rings. The van der Waals surface area contributed by atoms with Crippen LogP contribution >= 0.6 is 0 Å². The van der Waals surface area contributed by atoms with Gasteiger partial charge < -0.3 is 10.0 Å². The van der Waals surface area contributed by atoms with Crippen molar-refractivity contribution in [1.82, 2.24) is 4.98 Å². The number of aromatic nitrogens is 1. The van der Waals surface area contributed by atoms with Crippen molar-refractivity contribution in [2.24, 2.45) is 5.92 Å². The number of carbonyl (C=O) groups is 1. The molecule has 2 heterocycles. The van der Waals surface area contributed by atoms with Gasteiger partial charge in [0.1, 0.15) is 5.82 Å². The van der Waals surface area contributed by atoms with Gasteiger partial charge in [0.25, 0.3) is 0 Å². The number of pyridine rings is 1. The van der Waals surface area contributed by atoms with Crippen LogP contribution in [-0.4, -0.2) is 28.6 Å². The Morgan fingerprint density at radius 2 is 2.11 bits per heavy atom. The molecule has 0 aromatic carbocycles. The van der Waals surface area contributed by atoms with E-state index in [0.29, 0.717) is 11.6 Å². The molecular formula is C15H20N2O2. The summed E-state index contributed by atoms with van der Waals surface area (Å²) in [6.45, 7) is 2.88. The summed E-state index contributed by atoms with van der Waals surface area (Å²) in [6, 6.07) is 3.94. The lowest BCUT2D eigenvalue weighted by Crippen LogP contribution is -2.35. The molecule has 2 unspecified atom stereocenters. The molecule has 1 aliphatic carbocycles. The first kappa shape index (κ1) is 12.5. The lowest BCUT2D eigenvalue weighted by molar-refractivity contribution is 0.0696. The van der Waals surface area contributed by atoms with Gasteiger partial charge in [-0.05, 0) is 44.2 Å². The summed E-state index contributed by atoms with van der Waals surface area (Å²) >= 11 is 0. The van der Waals surface area contributed by atoms with Gasteiger partial charge in [0, 0.05) is 18.3 Å². The zero-order chi connectivity index (χ0) is 13.4. The van der Waals surface area contributed by atoms with Crippen molar-refractivity contribution < 1.29 is 9.90 Å². The largest absolute Gasteiger partial charge is 0.478 e. The summed E-state index contributed by atoms with van der Waals surface area (Å²) in [6.07, 6.45) is 6.40. The van der Waals surface area contributed by atoms with E-state index in [4.69, 9.17) is 5.11 Å². The van der Waals surface area contributed by atoms with Crippen molar-refractivity contribution in [3.8, 4) is 0 Å². The smallest absolute Gasteiger partial charge is 0.335 e. The summed E-state index contributed by atoms with van der Waals surface area (Å²) in [5, 5.41) is 9.16. The molecule has 2 aliphatic rings. The van der Waals surface area contributed by atoms with Crippen LogP contribution in [-0.2, 0) is 0 Å². The van der Waals surface area contributed by atoms with Gasteiger partial charge in [0.05, 0.1) is 5.56 Å². The SMILES string of the molecule is Cc1cc(C(=O)O)cc(N2CCC3CCCCC32)n1. The van der Waals surface area contributed by atoms with Gasteiger partial charge in [-0.25, -0.2) is 9.78 Å². The fraction of sp³-hybridized carbons (Fsp3) is 0.600. The van der Waals surface area contributed by atoms with Crippen LogP contribution in [0.25, 0.3) is 0 Å². The lowest BCUT2D eigenvalue weighted by Gasteiger charge is -2.32. The number of carboxylic acids is 1. The monoisotopic (exact) mass is 260 g/mol. The van der Waals surface area contributed by atoms with Gasteiger partial charge >= 0.3 is 5.97 Å². The molecule has 1 saturated carbocycles. The highest BCUT2D eigenvalue weighted by molar-refractivity contribution is 5.88. The van der Waals surface area contributed by atoms with E-state index < -0.39 is 5.97 Å². The van der Waals surface area contributed by atoms with Crippen molar-refractivity contribution in [1.29, 1.82) is 0 Å². The van der Waals surface area contributed by atoms with Crippen molar-refractivity contribution in [3.05, 3.63) is 23.4 Å². The van der Waals surface area contributed by atoms with Crippen LogP contribution in [0.2, 0.25) is 0 Å². The second kappa shape index (κ2) is 4.83. The molecule has 19 heavy (non-hydrogen) atoms. The molecule has 0 bridgehead atoms. The van der Waals surface area contributed by atoms with E-state index in [-0.39, 0.29) is 0 Å². The van der Waals surface area contributed by atoms with Crippen LogP contribution in [0.4, 0.5) is 5.82 Å². The number of hydrogen-bond acceptors (Lipinski definition) is 3. The predicted molar refractivity (Wildman–Crippen MR) is 73.6 cm³/mol. The second-order valence-electron chi connectivity index (χ2n) is 5.75. The maximum atomic E-state index is 11.2. The number of nitrogens with zero attached hydrogens (tertiary/aromatic N) is 2. The molecule has 0 radical (unpaired) electrons. The number of aromatic carboxylic acids is 1. The fourth-order valence-corrected chi connectivity index (χ4v) is 3.61. The lowest BCUT2D eigenvalue weighted by atomic mass is 9.85. The van der Waals surface area contributed by atoms with E-state index in [2.05, 4.69) is 9.88 Å². The van der Waals surface area contributed by atoms with E-state index in [1.807, 2.05) is 6.92 Å². The minimum absolute atomic E-state index is 0.349. The van der Waals surface area contributed by atoms with Crippen LogP contribution in [0.3, 0.4) is 0 Å². The van der Waals surface area contributed by atoms with Crippen LogP contribution < -0.4 is 4.90 Å². The quantitative estimate of drug-likeness (QED) is 0.888. The van der Waals surface area contributed by atoms with Crippen molar-refractivity contribution >= 4 is 11.8 Å². The Bertz CT molecular complexity index is 501. The normalized spacial score (nSPS) is 26.3. The highest BCUT2D eigenvalue weighted by atomic mass is 16.4. The van der Waals surface area contributed by atoms with Crippen LogP contribution in [0.5, 0.6) is 0 Å². The fourth-order valence-electron chi connectivity index (χ4n) is 3.61. The molecule has 1 aromatic heterocycles. The Morgan fingerprint density at radius 3 is 2.89 bits per heavy atom. The van der Waals surface area contributed by atoms with E-state index in [0.717, 1.165) is 24.0 Å². The Hall–Kier alpha value is -1.58. The Morgan fingerprint density at radius 1 is 1.32 bits per heavy atom. The molecule has 2 atom stereocenters. The first-order valence-corrected chi connectivity index (χ1v) is 7.14. The molecular weight excluding hydrogens is 240 g/mol. The minimum Gasteiger partial charge on any atom is -0.478 e. The number of carboxylic acid groups (broad SMARTS) is 1. The van der Waals surface area contributed by atoms with Crippen molar-refractivity contribution in [2.45, 2.75) is 45.1 Å². The summed E-state index contributed by atoms with van der Waals surface area (Å²) in [4.78, 5) is 18.0. The Balaban J connectivity index is 1.91. The molecule has 4 nitrogen and oxygen atoms in total. The molecule has 1 aliphatic heterocycles. The number of anilines is 1. The van der Waals surface area contributed by atoms with Gasteiger partial charge in [-0.1, -0.05) is 12.8 Å². The van der Waals surface area contributed by atoms with Gasteiger partial charge in [0.2, 0.25) is 0 Å². The average Bonchev–Trinajstić information content (AvgIpc) is 2.81. The molecule has 2 fully saturated rings. The molecule has 0 spiro atoms. The maximum Gasteiger partial charge on any atom is 0.335 e. The van der Waals surface area contributed by atoms with E-state index in [9.17, 15) is 4.79 Å². The molecule has 1 saturated heterocycles. The summed E-state index contributed by atoms with van der Waals surface area (Å²) in [5.74, 6) is 0.766. The predicted octanol–water partition coefficient (Wildman–Crippen LogP) is 2.86. The molecule has 3 rings (SSSR count). The standard InChI is InChI=1S/C15H20N2O2/c1-10-8-12(15(18)19)9-14(16-10)17-7-6-11-4-2-3-5-13(11)17/h8-9,11,13H,2-7H2,1H3,(H,18,19). The first-order valence-electron chi connectivity index (χ1n) is 7.14. The molecule has 1 N–H and O–H groups in total. The summed E-state index contributed by atoms with van der Waals surface area (Å²) < 4.78 is 0. The van der Waals surface area contributed by atoms with E-state index in [1.165, 1.54) is 32.1 Å². The first-order chi connectivity index (χ1) is 9.15. The van der Waals surface area contributed by atoms with E-state index >= 15 is 0 Å². The number of rotatable bonds is 2. The van der Waals surface area contributed by atoms with Gasteiger partial charge in [-0.2, -0.15) is 0 Å². The topological polar surface area (TPSA) is 53.4 Å². The highest BCUT2D eigenvalue weighted by Crippen LogP contribution is 2.38. The van der Waals surface area contributed by atoms with Gasteiger partial charge in [-0.15, -0.1) is 0 Å². The third-order valence-electron chi connectivity index (χ3n) is 4.49. The summed E-state index contributed by atoms with van der Waals surface area (Å²) in [5.41, 5.74) is 1.14. The van der Waals surface area contributed by atoms with Crippen molar-refractivity contribution in [2.75, 3.05) is 11.4 Å². The third kappa shape index (κ3) is 2.31. The maximum absolute atomic E-state index is 11.2. The Kier molecular flexibility index (Phi) is 3.17. The molecule has 102 valence electrons. The van der Waals surface area contributed by atoms with Gasteiger partial charge in [0.15, 0.2) is 0 Å². The minimum atomic E-state index is -0.869. The Labute approximate surface area is 113 Å². The van der Waals surface area contributed by atoms with Crippen LogP contribution in [0.1, 0.15) is 48.2 Å². The summed E-state index contributed by atoms with van der Waals surface area (Å²) in [7, 11) is 0.